The predicted octanol–water partition coefficient (Wildman–Crippen LogP) is 2.01. The lowest BCUT2D eigenvalue weighted by atomic mass is 10.1. The molecule has 4 heterocycles. The maximum atomic E-state index is 14.2. The normalized spacial score (nSPS) is 16.8. The smallest absolute Gasteiger partial charge is 0.323 e. The number of thiazole rings is 2. The molecule has 0 saturated carbocycles. The minimum atomic E-state index is -4.31. The fourth-order valence-corrected chi connectivity index (χ4v) is 10.5. The lowest BCUT2D eigenvalue weighted by Crippen LogP contribution is -2.35. The van der Waals surface area contributed by atoms with Crippen LogP contribution in [0.25, 0.3) is 11.8 Å². The third-order valence-electron chi connectivity index (χ3n) is 8.49. The van der Waals surface area contributed by atoms with Gasteiger partial charge in [0, 0.05) is 22.9 Å². The van der Waals surface area contributed by atoms with E-state index in [2.05, 4.69) is 0 Å². The number of hydrogen-bond acceptors (Lipinski definition) is 14. The number of hydrogen-bond donors (Lipinski definition) is 4. The number of anilines is 1. The minimum Gasteiger partial charge on any atom is -0.480 e. The Hall–Kier alpha value is -5.10. The molecular formula is C35H29ClN4O13S5. The molecule has 58 heavy (non-hydrogen) atoms. The highest BCUT2D eigenvalue weighted by atomic mass is 35.5. The summed E-state index contributed by atoms with van der Waals surface area (Å²) in [6, 6.07) is 12.7. The number of carboxylic acid groups (broad SMARTS) is 3. The first-order valence-electron chi connectivity index (χ1n) is 16.7. The number of aryl methyl sites for hydroxylation is 1. The molecule has 1 saturated heterocycles. The summed E-state index contributed by atoms with van der Waals surface area (Å²) in [6.45, 7) is -0.882. The van der Waals surface area contributed by atoms with Gasteiger partial charge in [0.05, 0.1) is 21.0 Å². The van der Waals surface area contributed by atoms with Gasteiger partial charge in [-0.25, -0.2) is 0 Å². The number of carbonyl (C=O) groups is 4. The molecule has 0 bridgehead atoms. The van der Waals surface area contributed by atoms with Crippen molar-refractivity contribution in [1.82, 2.24) is 14.0 Å². The number of fused-ring (bicyclic) bond motifs is 1. The van der Waals surface area contributed by atoms with Gasteiger partial charge in [-0.05, 0) is 60.5 Å². The van der Waals surface area contributed by atoms with Crippen molar-refractivity contribution in [3.05, 3.63) is 108 Å². The molecule has 0 spiro atoms. The van der Waals surface area contributed by atoms with Gasteiger partial charge in [0.2, 0.25) is 5.76 Å². The molecule has 23 heteroatoms. The average molecular weight is 909 g/mol. The summed E-state index contributed by atoms with van der Waals surface area (Å²) < 4.78 is 38.8. The molecule has 6 rings (SSSR count). The van der Waals surface area contributed by atoms with Crippen molar-refractivity contribution in [2.45, 2.75) is 37.8 Å². The third-order valence-corrected chi connectivity index (χ3v) is 13.7. The summed E-state index contributed by atoms with van der Waals surface area (Å²) in [6.07, 6.45) is 1.75. The van der Waals surface area contributed by atoms with E-state index in [1.165, 1.54) is 17.8 Å². The molecule has 304 valence electrons. The number of amides is 1. The fourth-order valence-electron chi connectivity index (χ4n) is 5.99. The van der Waals surface area contributed by atoms with Gasteiger partial charge >= 0.3 is 23.8 Å². The second-order valence-corrected chi connectivity index (χ2v) is 18.0. The van der Waals surface area contributed by atoms with E-state index < -0.39 is 81.4 Å². The average Bonchev–Trinajstić information content (AvgIpc) is 3.82. The maximum Gasteiger partial charge on any atom is 0.323 e. The summed E-state index contributed by atoms with van der Waals surface area (Å²) in [5.41, 5.74) is 0.918. The van der Waals surface area contributed by atoms with Crippen LogP contribution in [0.1, 0.15) is 17.5 Å². The third kappa shape index (κ3) is 9.12. The molecule has 0 unspecified atom stereocenters. The molecule has 2 aromatic carbocycles. The highest BCUT2D eigenvalue weighted by Gasteiger charge is 2.37. The number of allylic oxidation sites excluding steroid dienone is 1. The molecule has 2 aromatic heterocycles. The van der Waals surface area contributed by atoms with Gasteiger partial charge in [-0.2, -0.15) is 8.42 Å². The summed E-state index contributed by atoms with van der Waals surface area (Å²) in [5, 5.41) is 29.3. The van der Waals surface area contributed by atoms with Crippen LogP contribution in [0, 0.1) is 16.1 Å². The van der Waals surface area contributed by atoms with Crippen LogP contribution < -0.4 is 25.2 Å². The van der Waals surface area contributed by atoms with Crippen LogP contribution in [-0.4, -0.2) is 90.2 Å². The molecule has 4 N–H and O–H groups in total. The number of nitrogens with zero attached hydrogens (tertiary/aromatic N) is 4. The molecule has 2 aliphatic rings. The molecule has 0 aliphatic carbocycles. The first-order valence-corrected chi connectivity index (χ1v) is 21.5. The molecule has 0 radical (unpaired) electrons. The molecular weight excluding hydrogens is 880 g/mol. The van der Waals surface area contributed by atoms with Gasteiger partial charge in [0.1, 0.15) is 33.5 Å². The van der Waals surface area contributed by atoms with E-state index in [1.54, 1.807) is 6.07 Å². The van der Waals surface area contributed by atoms with Gasteiger partial charge in [-0.15, -0.1) is 22.7 Å². The zero-order chi connectivity index (χ0) is 42.2. The molecule has 1 fully saturated rings. The Morgan fingerprint density at radius 2 is 1.53 bits per heavy atom. The Morgan fingerprint density at radius 1 is 0.897 bits per heavy atom. The second kappa shape index (κ2) is 17.0. The van der Waals surface area contributed by atoms with Crippen molar-refractivity contribution in [2.24, 2.45) is 0 Å². The number of halogens is 1. The highest BCUT2D eigenvalue weighted by molar-refractivity contribution is 8.03. The number of aliphatic carboxylic acids is 3. The number of aromatic nitrogens is 2. The minimum absolute atomic E-state index is 0.00829. The largest absolute Gasteiger partial charge is 0.480 e. The van der Waals surface area contributed by atoms with E-state index in [1.807, 2.05) is 48.2 Å². The standard InChI is InChI=1S/C35H29ClN4O13S5/c1-17-10-22-21(13-20(17)36)37(8-5-9-58(50,51)52)32(55-22)19(11-18-6-3-2-4-7-18)12-23-29(47)38(14-24(41)42)34(56-23)28-31(49)39(15-25(43)44)33(57-28)27-30(48)40(16-26(45)46)35(54)53-27/h2-4,6-7,10,12-13H,5,8-9,11,14-16H2,1H3,(H,41,42)(H,43,44)(H,45,46)(H,50,51,52)/b23-12-,32-19+,33-27+,34-28+. The number of ether oxygens (including phenoxy) is 1. The van der Waals surface area contributed by atoms with Crippen LogP contribution in [0.15, 0.2) is 67.6 Å². The van der Waals surface area contributed by atoms with Crippen LogP contribution in [0.3, 0.4) is 0 Å². The van der Waals surface area contributed by atoms with E-state index >= 15 is 0 Å². The molecule has 4 aromatic rings. The lowest BCUT2D eigenvalue weighted by Gasteiger charge is -2.23. The number of thiocarbonyl (C=S) groups is 1. The Bertz CT molecular complexity index is 2920. The summed E-state index contributed by atoms with van der Waals surface area (Å²) in [5.74, 6) is -6.62. The number of thioether (sulfide) groups is 1. The topological polar surface area (TPSA) is 243 Å². The van der Waals surface area contributed by atoms with Crippen molar-refractivity contribution in [3.8, 4) is 0 Å². The maximum absolute atomic E-state index is 14.2. The summed E-state index contributed by atoms with van der Waals surface area (Å²) >= 11 is 14.1. The molecule has 0 atom stereocenters. The van der Waals surface area contributed by atoms with E-state index in [9.17, 15) is 57.1 Å². The monoisotopic (exact) mass is 908 g/mol. The zero-order valence-corrected chi connectivity index (χ0v) is 34.6. The number of benzene rings is 2. The Labute approximate surface area is 349 Å². The first kappa shape index (κ1) is 42.5. The lowest BCUT2D eigenvalue weighted by molar-refractivity contribution is -0.140. The molecule has 2 aliphatic heterocycles. The van der Waals surface area contributed by atoms with Gasteiger partial charge in [0.25, 0.3) is 26.4 Å². The van der Waals surface area contributed by atoms with Crippen molar-refractivity contribution in [1.29, 1.82) is 0 Å². The van der Waals surface area contributed by atoms with Gasteiger partial charge in [-0.3, -0.25) is 47.4 Å². The van der Waals surface area contributed by atoms with Crippen LogP contribution in [-0.2, 0) is 53.5 Å². The van der Waals surface area contributed by atoms with E-state index in [0.29, 0.717) is 42.1 Å². The van der Waals surface area contributed by atoms with Crippen molar-refractivity contribution < 1.29 is 52.2 Å². The van der Waals surface area contributed by atoms with E-state index in [4.69, 9.17) is 28.6 Å². The number of carboxylic acids is 3. The molecule has 1 amide bonds. The summed E-state index contributed by atoms with van der Waals surface area (Å²) in [4.78, 5) is 80.1. The van der Waals surface area contributed by atoms with Crippen molar-refractivity contribution >= 4 is 115 Å². The van der Waals surface area contributed by atoms with Gasteiger partial charge < -0.3 is 25.0 Å². The first-order chi connectivity index (χ1) is 27.3. The van der Waals surface area contributed by atoms with Crippen molar-refractivity contribution in [2.75, 3.05) is 23.7 Å². The van der Waals surface area contributed by atoms with Crippen molar-refractivity contribution in [3.63, 3.8) is 0 Å². The van der Waals surface area contributed by atoms with Gasteiger partial charge in [-0.1, -0.05) is 53.7 Å². The Balaban J connectivity index is 1.66. The predicted molar refractivity (Wildman–Crippen MR) is 218 cm³/mol. The van der Waals surface area contributed by atoms with Crippen LogP contribution in [0.2, 0.25) is 5.02 Å². The number of rotatable bonds is 13. The van der Waals surface area contributed by atoms with Crippen LogP contribution in [0.4, 0.5) is 5.69 Å². The Morgan fingerprint density at radius 3 is 2.16 bits per heavy atom. The van der Waals surface area contributed by atoms with Gasteiger partial charge in [0.15, 0.2) is 0 Å². The SMILES string of the molecule is Cc1cc2c(cc1Cl)N(CCCS(=O)(=O)O)/C(=C(\C=c1/s/c(=c3/s/c(=C4/OC(=S)N(CC(=O)O)C4=O)n(CC(=O)O)c3=O)n(CC(=O)O)c1=O)Cc1ccccc1)S2. The fraction of sp³-hybridized carbons (Fsp3) is 0.229. The molecule has 17 nitrogen and oxygen atoms in total. The van der Waals surface area contributed by atoms with E-state index in [0.717, 1.165) is 31.9 Å². The Kier molecular flexibility index (Phi) is 12.5. The van der Waals surface area contributed by atoms with E-state index in [-0.39, 0.29) is 37.8 Å². The summed E-state index contributed by atoms with van der Waals surface area (Å²) in [7, 11) is -4.31. The van der Waals surface area contributed by atoms with Crippen LogP contribution in [0.5, 0.6) is 0 Å². The number of carbonyl (C=O) groups excluding carboxylic acids is 1. The van der Waals surface area contributed by atoms with Crippen LogP contribution >= 0.6 is 58.3 Å². The quantitative estimate of drug-likeness (QED) is 0.111. The second-order valence-electron chi connectivity index (χ2n) is 12.7. The highest BCUT2D eigenvalue weighted by Crippen LogP contribution is 2.49. The zero-order valence-electron chi connectivity index (χ0n) is 29.7.